The van der Waals surface area contributed by atoms with Crippen LogP contribution in [-0.4, -0.2) is 6.04 Å². The summed E-state index contributed by atoms with van der Waals surface area (Å²) in [5, 5.41) is 3.45. The highest BCUT2D eigenvalue weighted by molar-refractivity contribution is 5.47. The molecule has 88 valence electrons. The highest BCUT2D eigenvalue weighted by atomic mass is 19.1. The second-order valence-corrected chi connectivity index (χ2v) is 4.81. The molecule has 0 amide bonds. The van der Waals surface area contributed by atoms with Crippen LogP contribution < -0.4 is 11.1 Å². The second kappa shape index (κ2) is 4.83. The van der Waals surface area contributed by atoms with Crippen molar-refractivity contribution in [1.29, 1.82) is 0 Å². The molecule has 1 aliphatic carbocycles. The number of para-hydroxylation sites is 1. The van der Waals surface area contributed by atoms with E-state index >= 15 is 0 Å². The predicted molar refractivity (Wildman–Crippen MR) is 64.5 cm³/mol. The predicted octanol–water partition coefficient (Wildman–Crippen LogP) is 2.69. The molecule has 0 heterocycles. The molecule has 2 rings (SSSR count). The highest BCUT2D eigenvalue weighted by Crippen LogP contribution is 2.25. The summed E-state index contributed by atoms with van der Waals surface area (Å²) in [4.78, 5) is 0. The summed E-state index contributed by atoms with van der Waals surface area (Å²) in [7, 11) is 0. The summed E-state index contributed by atoms with van der Waals surface area (Å²) in [5.74, 6) is 0.487. The lowest BCUT2D eigenvalue weighted by molar-refractivity contribution is 0.501. The molecule has 0 aliphatic heterocycles. The highest BCUT2D eigenvalue weighted by Gasteiger charge is 2.20. The van der Waals surface area contributed by atoms with E-state index in [0.29, 0.717) is 12.6 Å². The van der Waals surface area contributed by atoms with Crippen molar-refractivity contribution in [2.24, 2.45) is 5.92 Å². The first-order valence-electron chi connectivity index (χ1n) is 5.93. The third kappa shape index (κ3) is 2.53. The van der Waals surface area contributed by atoms with Crippen molar-refractivity contribution < 1.29 is 4.39 Å². The zero-order valence-corrected chi connectivity index (χ0v) is 9.67. The zero-order chi connectivity index (χ0) is 11.5. The van der Waals surface area contributed by atoms with Gasteiger partial charge in [0.2, 0.25) is 0 Å². The van der Waals surface area contributed by atoms with Crippen molar-refractivity contribution in [1.82, 2.24) is 5.32 Å². The van der Waals surface area contributed by atoms with Crippen molar-refractivity contribution in [2.75, 3.05) is 5.73 Å². The number of nitrogens with one attached hydrogen (secondary N) is 1. The lowest BCUT2D eigenvalue weighted by atomic mass is 10.1. The van der Waals surface area contributed by atoms with Crippen LogP contribution in [0, 0.1) is 11.7 Å². The maximum Gasteiger partial charge on any atom is 0.146 e. The topological polar surface area (TPSA) is 38.0 Å². The number of nitrogen functional groups attached to an aromatic ring is 1. The molecule has 3 heteroatoms. The van der Waals surface area contributed by atoms with Gasteiger partial charge in [-0.2, -0.15) is 0 Å². The minimum atomic E-state index is -0.320. The molecule has 1 fully saturated rings. The van der Waals surface area contributed by atoms with Crippen LogP contribution in [0.15, 0.2) is 18.2 Å². The van der Waals surface area contributed by atoms with Crippen molar-refractivity contribution >= 4 is 5.69 Å². The average molecular weight is 222 g/mol. The van der Waals surface area contributed by atoms with Gasteiger partial charge in [-0.15, -0.1) is 0 Å². The molecular weight excluding hydrogens is 203 g/mol. The third-order valence-corrected chi connectivity index (χ3v) is 3.42. The quantitative estimate of drug-likeness (QED) is 0.772. The number of hydrogen-bond acceptors (Lipinski definition) is 2. The van der Waals surface area contributed by atoms with Crippen molar-refractivity contribution in [3.8, 4) is 0 Å². The van der Waals surface area contributed by atoms with Gasteiger partial charge in [0.05, 0.1) is 5.69 Å². The van der Waals surface area contributed by atoms with Gasteiger partial charge < -0.3 is 11.1 Å². The van der Waals surface area contributed by atoms with E-state index in [9.17, 15) is 4.39 Å². The molecule has 0 bridgehead atoms. The summed E-state index contributed by atoms with van der Waals surface area (Å²) in [5.41, 5.74) is 6.82. The largest absolute Gasteiger partial charge is 0.396 e. The summed E-state index contributed by atoms with van der Waals surface area (Å²) in [6, 6.07) is 5.55. The van der Waals surface area contributed by atoms with E-state index in [-0.39, 0.29) is 11.5 Å². The van der Waals surface area contributed by atoms with E-state index in [1.807, 2.05) is 6.07 Å². The Labute approximate surface area is 96.0 Å². The molecule has 2 nitrogen and oxygen atoms in total. The minimum Gasteiger partial charge on any atom is -0.396 e. The molecule has 0 spiro atoms. The number of rotatable bonds is 3. The first-order chi connectivity index (χ1) is 7.66. The van der Waals surface area contributed by atoms with Crippen LogP contribution in [0.2, 0.25) is 0 Å². The Morgan fingerprint density at radius 1 is 1.44 bits per heavy atom. The summed E-state index contributed by atoms with van der Waals surface area (Å²) in [6.07, 6.45) is 3.72. The molecular formula is C13H19FN2. The van der Waals surface area contributed by atoms with Gasteiger partial charge in [-0.05, 0) is 36.8 Å². The molecule has 16 heavy (non-hydrogen) atoms. The fraction of sp³-hybridized carbons (Fsp3) is 0.538. The van der Waals surface area contributed by atoms with E-state index in [0.717, 1.165) is 11.5 Å². The monoisotopic (exact) mass is 222 g/mol. The Balaban J connectivity index is 1.92. The SMILES string of the molecule is CC1CCC(NCc2cccc(F)c2N)C1. The van der Waals surface area contributed by atoms with Crippen LogP contribution in [0.25, 0.3) is 0 Å². The Morgan fingerprint density at radius 2 is 2.25 bits per heavy atom. The fourth-order valence-electron chi connectivity index (χ4n) is 2.38. The Bertz CT molecular complexity index is 365. The minimum absolute atomic E-state index is 0.279. The van der Waals surface area contributed by atoms with Gasteiger partial charge in [-0.1, -0.05) is 19.1 Å². The Hall–Kier alpha value is -1.09. The fourth-order valence-corrected chi connectivity index (χ4v) is 2.38. The van der Waals surface area contributed by atoms with Gasteiger partial charge >= 0.3 is 0 Å². The molecule has 0 aromatic heterocycles. The molecule has 0 radical (unpaired) electrons. The lowest BCUT2D eigenvalue weighted by Gasteiger charge is -2.13. The molecule has 0 saturated heterocycles. The van der Waals surface area contributed by atoms with E-state index in [1.165, 1.54) is 25.3 Å². The number of hydrogen-bond donors (Lipinski definition) is 2. The average Bonchev–Trinajstić information content (AvgIpc) is 2.67. The molecule has 3 N–H and O–H groups in total. The molecule has 1 aromatic carbocycles. The molecule has 1 aliphatic rings. The van der Waals surface area contributed by atoms with Crippen LogP contribution in [0.4, 0.5) is 10.1 Å². The van der Waals surface area contributed by atoms with E-state index in [1.54, 1.807) is 6.07 Å². The van der Waals surface area contributed by atoms with Crippen LogP contribution in [-0.2, 0) is 6.54 Å². The molecule has 2 atom stereocenters. The lowest BCUT2D eigenvalue weighted by Crippen LogP contribution is -2.26. The third-order valence-electron chi connectivity index (χ3n) is 3.42. The van der Waals surface area contributed by atoms with Crippen LogP contribution in [0.5, 0.6) is 0 Å². The van der Waals surface area contributed by atoms with Crippen LogP contribution in [0.1, 0.15) is 31.7 Å². The van der Waals surface area contributed by atoms with Crippen LogP contribution in [0.3, 0.4) is 0 Å². The van der Waals surface area contributed by atoms with E-state index in [4.69, 9.17) is 5.73 Å². The molecule has 1 saturated carbocycles. The number of halogens is 1. The normalized spacial score (nSPS) is 24.9. The maximum absolute atomic E-state index is 13.2. The summed E-state index contributed by atoms with van der Waals surface area (Å²) >= 11 is 0. The standard InChI is InChI=1S/C13H19FN2/c1-9-5-6-11(7-9)16-8-10-3-2-4-12(14)13(10)15/h2-4,9,11,16H,5-8,15H2,1H3. The summed E-state index contributed by atoms with van der Waals surface area (Å²) in [6.45, 7) is 2.94. The Kier molecular flexibility index (Phi) is 3.44. The van der Waals surface area contributed by atoms with E-state index < -0.39 is 0 Å². The van der Waals surface area contributed by atoms with Gasteiger partial charge in [-0.25, -0.2) is 4.39 Å². The smallest absolute Gasteiger partial charge is 0.146 e. The first-order valence-corrected chi connectivity index (χ1v) is 5.93. The van der Waals surface area contributed by atoms with Crippen molar-refractivity contribution in [3.63, 3.8) is 0 Å². The number of benzene rings is 1. The van der Waals surface area contributed by atoms with Crippen molar-refractivity contribution in [3.05, 3.63) is 29.6 Å². The second-order valence-electron chi connectivity index (χ2n) is 4.81. The van der Waals surface area contributed by atoms with Crippen LogP contribution >= 0.6 is 0 Å². The first kappa shape index (κ1) is 11.4. The number of anilines is 1. The summed E-state index contributed by atoms with van der Waals surface area (Å²) < 4.78 is 13.2. The van der Waals surface area contributed by atoms with Gasteiger partial charge in [0, 0.05) is 12.6 Å². The van der Waals surface area contributed by atoms with Gasteiger partial charge in [0.25, 0.3) is 0 Å². The van der Waals surface area contributed by atoms with Crippen molar-refractivity contribution in [2.45, 2.75) is 38.8 Å². The molecule has 1 aromatic rings. The molecule has 2 unspecified atom stereocenters. The zero-order valence-electron chi connectivity index (χ0n) is 9.67. The van der Waals surface area contributed by atoms with Gasteiger partial charge in [-0.3, -0.25) is 0 Å². The van der Waals surface area contributed by atoms with Gasteiger partial charge in [0.1, 0.15) is 5.82 Å². The maximum atomic E-state index is 13.2. The van der Waals surface area contributed by atoms with E-state index in [2.05, 4.69) is 12.2 Å². The Morgan fingerprint density at radius 3 is 2.94 bits per heavy atom. The number of nitrogens with two attached hydrogens (primary N) is 1. The van der Waals surface area contributed by atoms with Gasteiger partial charge in [0.15, 0.2) is 0 Å².